The van der Waals surface area contributed by atoms with Crippen LogP contribution in [0.2, 0.25) is 0 Å². The van der Waals surface area contributed by atoms with Gasteiger partial charge in [0.05, 0.1) is 12.2 Å². The standard InChI is InChI=1S/C15H19NO3/c1-11-3-4-14(13(10-17)16-11)19-12-5-8-18-15(9-12)6-2-7-15/h3-4,10,12H,2,5-9H2,1H3. The number of carbonyl (C=O) groups is 1. The second-order valence-corrected chi connectivity index (χ2v) is 5.57. The number of hydrogen-bond donors (Lipinski definition) is 0. The lowest BCUT2D eigenvalue weighted by Crippen LogP contribution is -2.48. The van der Waals surface area contributed by atoms with Gasteiger partial charge >= 0.3 is 0 Å². The van der Waals surface area contributed by atoms with E-state index in [4.69, 9.17) is 9.47 Å². The molecule has 1 aromatic rings. The summed E-state index contributed by atoms with van der Waals surface area (Å²) in [6.45, 7) is 2.62. The SMILES string of the molecule is Cc1ccc(OC2CCOC3(CCC3)C2)c(C=O)n1. The molecule has 1 saturated carbocycles. The molecule has 4 heteroatoms. The van der Waals surface area contributed by atoms with Gasteiger partial charge in [-0.1, -0.05) is 0 Å². The third kappa shape index (κ3) is 2.50. The maximum absolute atomic E-state index is 11.0. The molecule has 0 bridgehead atoms. The van der Waals surface area contributed by atoms with Crippen molar-refractivity contribution < 1.29 is 14.3 Å². The number of carbonyl (C=O) groups excluding carboxylic acids is 1. The second-order valence-electron chi connectivity index (χ2n) is 5.57. The molecule has 19 heavy (non-hydrogen) atoms. The number of pyridine rings is 1. The van der Waals surface area contributed by atoms with Crippen LogP contribution < -0.4 is 4.74 Å². The van der Waals surface area contributed by atoms with Crippen LogP contribution in [0.5, 0.6) is 5.75 Å². The molecule has 1 aliphatic carbocycles. The van der Waals surface area contributed by atoms with Crippen molar-refractivity contribution in [1.29, 1.82) is 0 Å². The minimum absolute atomic E-state index is 0.0579. The van der Waals surface area contributed by atoms with Gasteiger partial charge in [0.25, 0.3) is 0 Å². The number of aldehydes is 1. The first-order valence-electron chi connectivity index (χ1n) is 6.94. The van der Waals surface area contributed by atoms with E-state index in [1.54, 1.807) is 0 Å². The molecule has 0 amide bonds. The molecule has 1 spiro atoms. The average Bonchev–Trinajstić information content (AvgIpc) is 2.39. The molecule has 0 aromatic carbocycles. The molecule has 1 aromatic heterocycles. The van der Waals surface area contributed by atoms with Crippen molar-refractivity contribution in [3.63, 3.8) is 0 Å². The Morgan fingerprint density at radius 1 is 1.47 bits per heavy atom. The van der Waals surface area contributed by atoms with Gasteiger partial charge in [-0.3, -0.25) is 4.79 Å². The Kier molecular flexibility index (Phi) is 3.27. The van der Waals surface area contributed by atoms with E-state index in [9.17, 15) is 4.79 Å². The fourth-order valence-corrected chi connectivity index (χ4v) is 2.93. The molecule has 4 nitrogen and oxygen atoms in total. The van der Waals surface area contributed by atoms with Gasteiger partial charge < -0.3 is 9.47 Å². The Morgan fingerprint density at radius 2 is 2.32 bits per heavy atom. The van der Waals surface area contributed by atoms with Crippen molar-refractivity contribution in [2.45, 2.75) is 50.7 Å². The first kappa shape index (κ1) is 12.6. The van der Waals surface area contributed by atoms with E-state index < -0.39 is 0 Å². The Bertz CT molecular complexity index is 482. The average molecular weight is 261 g/mol. The monoisotopic (exact) mass is 261 g/mol. The van der Waals surface area contributed by atoms with Crippen molar-refractivity contribution in [1.82, 2.24) is 4.98 Å². The van der Waals surface area contributed by atoms with Crippen LogP contribution in [-0.2, 0) is 4.74 Å². The van der Waals surface area contributed by atoms with Crippen LogP contribution in [0.4, 0.5) is 0 Å². The summed E-state index contributed by atoms with van der Waals surface area (Å²) in [7, 11) is 0. The fourth-order valence-electron chi connectivity index (χ4n) is 2.93. The summed E-state index contributed by atoms with van der Waals surface area (Å²) in [4.78, 5) is 15.3. The summed E-state index contributed by atoms with van der Waals surface area (Å²) in [6, 6.07) is 3.72. The van der Waals surface area contributed by atoms with Crippen LogP contribution >= 0.6 is 0 Å². The molecule has 2 aliphatic rings. The fraction of sp³-hybridized carbons (Fsp3) is 0.600. The zero-order chi connectivity index (χ0) is 13.3. The van der Waals surface area contributed by atoms with Gasteiger partial charge in [-0.25, -0.2) is 4.98 Å². The predicted molar refractivity (Wildman–Crippen MR) is 70.5 cm³/mol. The van der Waals surface area contributed by atoms with E-state index in [-0.39, 0.29) is 11.7 Å². The smallest absolute Gasteiger partial charge is 0.172 e. The van der Waals surface area contributed by atoms with E-state index in [1.165, 1.54) is 6.42 Å². The highest BCUT2D eigenvalue weighted by Crippen LogP contribution is 2.43. The molecule has 2 heterocycles. The number of ether oxygens (including phenoxy) is 2. The van der Waals surface area contributed by atoms with Gasteiger partial charge in [0.2, 0.25) is 0 Å². The van der Waals surface area contributed by atoms with Gasteiger partial charge in [-0.15, -0.1) is 0 Å². The van der Waals surface area contributed by atoms with Gasteiger partial charge in [0, 0.05) is 18.5 Å². The normalized spacial score (nSPS) is 24.8. The molecule has 2 fully saturated rings. The number of nitrogens with zero attached hydrogens (tertiary/aromatic N) is 1. The van der Waals surface area contributed by atoms with Crippen LogP contribution in [0.3, 0.4) is 0 Å². The highest BCUT2D eigenvalue weighted by atomic mass is 16.5. The number of aryl methyl sites for hydroxylation is 1. The Labute approximate surface area is 113 Å². The molecular weight excluding hydrogens is 242 g/mol. The summed E-state index contributed by atoms with van der Waals surface area (Å²) in [5, 5.41) is 0. The van der Waals surface area contributed by atoms with Crippen LogP contribution in [-0.4, -0.2) is 29.6 Å². The molecular formula is C15H19NO3. The largest absolute Gasteiger partial charge is 0.488 e. The highest BCUT2D eigenvalue weighted by molar-refractivity contribution is 5.76. The molecule has 1 unspecified atom stereocenters. The van der Waals surface area contributed by atoms with Crippen LogP contribution in [0.15, 0.2) is 12.1 Å². The summed E-state index contributed by atoms with van der Waals surface area (Å²) in [5.41, 5.74) is 1.29. The summed E-state index contributed by atoms with van der Waals surface area (Å²) >= 11 is 0. The molecule has 1 saturated heterocycles. The first-order chi connectivity index (χ1) is 9.21. The Morgan fingerprint density at radius 3 is 3.00 bits per heavy atom. The van der Waals surface area contributed by atoms with Crippen molar-refractivity contribution >= 4 is 6.29 Å². The lowest BCUT2D eigenvalue weighted by Gasteiger charge is -2.46. The quantitative estimate of drug-likeness (QED) is 0.785. The molecule has 1 aliphatic heterocycles. The van der Waals surface area contributed by atoms with E-state index in [1.807, 2.05) is 19.1 Å². The van der Waals surface area contributed by atoms with Gasteiger partial charge in [0.15, 0.2) is 6.29 Å². The maximum Gasteiger partial charge on any atom is 0.172 e. The molecule has 1 atom stereocenters. The van der Waals surface area contributed by atoms with Gasteiger partial charge in [-0.05, 0) is 38.3 Å². The highest BCUT2D eigenvalue weighted by Gasteiger charge is 2.43. The number of aromatic nitrogens is 1. The molecule has 3 rings (SSSR count). The third-order valence-electron chi connectivity index (χ3n) is 4.14. The van der Waals surface area contributed by atoms with Crippen molar-refractivity contribution in [2.24, 2.45) is 0 Å². The van der Waals surface area contributed by atoms with E-state index in [2.05, 4.69) is 4.98 Å². The van der Waals surface area contributed by atoms with Crippen molar-refractivity contribution in [3.8, 4) is 5.75 Å². The predicted octanol–water partition coefficient (Wildman–Crippen LogP) is 2.68. The van der Waals surface area contributed by atoms with E-state index in [0.717, 1.165) is 44.3 Å². The molecule has 0 N–H and O–H groups in total. The lowest BCUT2D eigenvalue weighted by atomic mass is 9.74. The topological polar surface area (TPSA) is 48.4 Å². The molecule has 102 valence electrons. The van der Waals surface area contributed by atoms with Crippen LogP contribution in [0.25, 0.3) is 0 Å². The van der Waals surface area contributed by atoms with Crippen molar-refractivity contribution in [3.05, 3.63) is 23.5 Å². The first-order valence-corrected chi connectivity index (χ1v) is 6.94. The lowest BCUT2D eigenvalue weighted by molar-refractivity contribution is -0.153. The number of hydrogen-bond acceptors (Lipinski definition) is 4. The second kappa shape index (κ2) is 4.93. The van der Waals surface area contributed by atoms with E-state index >= 15 is 0 Å². The van der Waals surface area contributed by atoms with Crippen molar-refractivity contribution in [2.75, 3.05) is 6.61 Å². The zero-order valence-corrected chi connectivity index (χ0v) is 11.2. The minimum atomic E-state index is 0.0579. The third-order valence-corrected chi connectivity index (χ3v) is 4.14. The van der Waals surface area contributed by atoms with Crippen LogP contribution in [0.1, 0.15) is 48.3 Å². The summed E-state index contributed by atoms with van der Waals surface area (Å²) in [6.07, 6.45) is 6.24. The minimum Gasteiger partial charge on any atom is -0.488 e. The number of rotatable bonds is 3. The van der Waals surface area contributed by atoms with Gasteiger partial charge in [-0.2, -0.15) is 0 Å². The zero-order valence-electron chi connectivity index (χ0n) is 11.2. The molecule has 0 radical (unpaired) electrons. The maximum atomic E-state index is 11.0. The van der Waals surface area contributed by atoms with Gasteiger partial charge in [0.1, 0.15) is 17.5 Å². The van der Waals surface area contributed by atoms with E-state index in [0.29, 0.717) is 11.4 Å². The Hall–Kier alpha value is -1.42. The summed E-state index contributed by atoms with van der Waals surface area (Å²) in [5.74, 6) is 0.599. The Balaban J connectivity index is 1.72. The van der Waals surface area contributed by atoms with Crippen LogP contribution in [0, 0.1) is 6.92 Å². The summed E-state index contributed by atoms with van der Waals surface area (Å²) < 4.78 is 11.9.